The molecule has 3 heterocycles. The zero-order valence-corrected chi connectivity index (χ0v) is 15.2. The van der Waals surface area contributed by atoms with Gasteiger partial charge in [0.05, 0.1) is 23.7 Å². The third kappa shape index (κ3) is 4.52. The number of benzene rings is 1. The molecule has 0 aliphatic heterocycles. The van der Waals surface area contributed by atoms with Gasteiger partial charge in [-0.1, -0.05) is 0 Å². The van der Waals surface area contributed by atoms with Gasteiger partial charge in [0.2, 0.25) is 0 Å². The summed E-state index contributed by atoms with van der Waals surface area (Å²) in [6, 6.07) is 8.50. The number of anilines is 2. The number of ether oxygens (including phenoxy) is 1. The van der Waals surface area contributed by atoms with Crippen molar-refractivity contribution in [3.8, 4) is 17.0 Å². The van der Waals surface area contributed by atoms with E-state index in [0.29, 0.717) is 11.5 Å². The van der Waals surface area contributed by atoms with E-state index in [0.717, 1.165) is 18.2 Å². The number of pyridine rings is 1. The number of rotatable bonds is 4. The molecule has 1 aromatic carbocycles. The summed E-state index contributed by atoms with van der Waals surface area (Å²) in [5.74, 6) is -0.0297. The van der Waals surface area contributed by atoms with Crippen LogP contribution in [0, 0.1) is 0 Å². The van der Waals surface area contributed by atoms with Gasteiger partial charge in [-0.3, -0.25) is 4.98 Å². The minimum Gasteiger partial charge on any atom is -0.406 e. The third-order valence-corrected chi connectivity index (χ3v) is 4.11. The molecule has 31 heavy (non-hydrogen) atoms. The van der Waals surface area contributed by atoms with E-state index in [9.17, 15) is 26.3 Å². The van der Waals surface area contributed by atoms with Crippen LogP contribution in [0.1, 0.15) is 5.56 Å². The molecule has 0 radical (unpaired) electrons. The van der Waals surface area contributed by atoms with Gasteiger partial charge in [0.25, 0.3) is 0 Å². The van der Waals surface area contributed by atoms with Crippen LogP contribution < -0.4 is 10.1 Å². The van der Waals surface area contributed by atoms with Crippen LogP contribution in [-0.4, -0.2) is 25.9 Å². The van der Waals surface area contributed by atoms with Gasteiger partial charge in [0, 0.05) is 17.4 Å². The lowest BCUT2D eigenvalue weighted by Gasteiger charge is -2.12. The fraction of sp³-hybridized carbons (Fsp3) is 0.105. The Labute approximate surface area is 170 Å². The van der Waals surface area contributed by atoms with Gasteiger partial charge in [-0.15, -0.1) is 13.2 Å². The van der Waals surface area contributed by atoms with Crippen molar-refractivity contribution in [2.45, 2.75) is 12.5 Å². The Kier molecular flexibility index (Phi) is 4.91. The zero-order chi connectivity index (χ0) is 22.2. The number of alkyl halides is 6. The van der Waals surface area contributed by atoms with Crippen LogP contribution in [0.4, 0.5) is 37.8 Å². The quantitative estimate of drug-likeness (QED) is 0.429. The maximum absolute atomic E-state index is 13.3. The highest BCUT2D eigenvalue weighted by Crippen LogP contribution is 2.35. The Morgan fingerprint density at radius 1 is 0.903 bits per heavy atom. The van der Waals surface area contributed by atoms with E-state index in [1.807, 2.05) is 0 Å². The lowest BCUT2D eigenvalue weighted by atomic mass is 10.1. The SMILES string of the molecule is FC(F)(F)Oc1ccc(Nc2cnc3cc(-c4ncccc4C(F)(F)F)cnn23)cc1. The van der Waals surface area contributed by atoms with E-state index >= 15 is 0 Å². The summed E-state index contributed by atoms with van der Waals surface area (Å²) in [7, 11) is 0. The number of imidazole rings is 1. The van der Waals surface area contributed by atoms with Crippen LogP contribution in [-0.2, 0) is 6.18 Å². The standard InChI is InChI=1S/C19H11F6N5O/c20-18(21,22)14-2-1-7-26-17(14)11-8-15-27-10-16(30(15)28-9-11)29-12-3-5-13(6-4-12)31-19(23,24)25/h1-10,29H. The first kappa shape index (κ1) is 20.4. The smallest absolute Gasteiger partial charge is 0.406 e. The first-order chi connectivity index (χ1) is 14.6. The van der Waals surface area contributed by atoms with Crippen LogP contribution in [0.25, 0.3) is 16.9 Å². The Morgan fingerprint density at radius 2 is 1.65 bits per heavy atom. The molecule has 0 amide bonds. The molecule has 12 heteroatoms. The van der Waals surface area contributed by atoms with Crippen molar-refractivity contribution in [2.75, 3.05) is 5.32 Å². The molecule has 0 saturated carbocycles. The monoisotopic (exact) mass is 439 g/mol. The van der Waals surface area contributed by atoms with Crippen LogP contribution in [0.2, 0.25) is 0 Å². The molecule has 6 nitrogen and oxygen atoms in total. The topological polar surface area (TPSA) is 64.3 Å². The minimum atomic E-state index is -4.79. The average Bonchev–Trinajstić information content (AvgIpc) is 3.10. The average molecular weight is 439 g/mol. The second-order valence-electron chi connectivity index (χ2n) is 6.25. The third-order valence-electron chi connectivity index (χ3n) is 4.11. The highest BCUT2D eigenvalue weighted by Gasteiger charge is 2.34. The van der Waals surface area contributed by atoms with Crippen molar-refractivity contribution in [1.82, 2.24) is 19.6 Å². The highest BCUT2D eigenvalue weighted by molar-refractivity contribution is 5.68. The molecule has 0 fully saturated rings. The molecule has 3 aromatic heterocycles. The Balaban J connectivity index is 1.61. The first-order valence-corrected chi connectivity index (χ1v) is 8.59. The van der Waals surface area contributed by atoms with Gasteiger partial charge < -0.3 is 10.1 Å². The van der Waals surface area contributed by atoms with Gasteiger partial charge >= 0.3 is 12.5 Å². The summed E-state index contributed by atoms with van der Waals surface area (Å²) in [5.41, 5.74) is -0.372. The molecule has 4 rings (SSSR count). The summed E-state index contributed by atoms with van der Waals surface area (Å²) in [6.07, 6.45) is -5.52. The van der Waals surface area contributed by atoms with E-state index in [-0.39, 0.29) is 22.7 Å². The predicted molar refractivity (Wildman–Crippen MR) is 97.6 cm³/mol. The van der Waals surface area contributed by atoms with E-state index in [2.05, 4.69) is 25.1 Å². The summed E-state index contributed by atoms with van der Waals surface area (Å²) in [4.78, 5) is 7.94. The number of nitrogens with zero attached hydrogens (tertiary/aromatic N) is 4. The van der Waals surface area contributed by atoms with Gasteiger partial charge in [-0.2, -0.15) is 22.8 Å². The molecule has 0 atom stereocenters. The maximum atomic E-state index is 13.3. The van der Waals surface area contributed by atoms with Gasteiger partial charge in [0.1, 0.15) is 5.75 Å². The molecule has 0 bridgehead atoms. The highest BCUT2D eigenvalue weighted by atomic mass is 19.4. The number of nitrogens with one attached hydrogen (secondary N) is 1. The van der Waals surface area contributed by atoms with Crippen LogP contribution >= 0.6 is 0 Å². The summed E-state index contributed by atoms with van der Waals surface area (Å²) >= 11 is 0. The number of fused-ring (bicyclic) bond motifs is 1. The van der Waals surface area contributed by atoms with Crippen LogP contribution in [0.3, 0.4) is 0 Å². The second kappa shape index (κ2) is 7.45. The van der Waals surface area contributed by atoms with Crippen molar-refractivity contribution < 1.29 is 31.1 Å². The molecular formula is C19H11F6N5O. The molecule has 1 N–H and O–H groups in total. The second-order valence-corrected chi connectivity index (χ2v) is 6.25. The summed E-state index contributed by atoms with van der Waals surface area (Å²) < 4.78 is 81.6. The molecular weight excluding hydrogens is 428 g/mol. The van der Waals surface area contributed by atoms with Crippen molar-refractivity contribution in [2.24, 2.45) is 0 Å². The largest absolute Gasteiger partial charge is 0.573 e. The Bertz CT molecular complexity index is 1220. The predicted octanol–water partition coefficient (Wildman–Crippen LogP) is 5.45. The fourth-order valence-corrected chi connectivity index (χ4v) is 2.84. The molecule has 4 aromatic rings. The van der Waals surface area contributed by atoms with Gasteiger partial charge in [-0.25, -0.2) is 4.98 Å². The van der Waals surface area contributed by atoms with E-state index < -0.39 is 18.1 Å². The number of aromatic nitrogens is 4. The van der Waals surface area contributed by atoms with E-state index in [1.54, 1.807) is 0 Å². The lowest BCUT2D eigenvalue weighted by Crippen LogP contribution is -2.16. The van der Waals surface area contributed by atoms with E-state index in [1.165, 1.54) is 47.4 Å². The van der Waals surface area contributed by atoms with Gasteiger partial charge in [0.15, 0.2) is 11.5 Å². The summed E-state index contributed by atoms with van der Waals surface area (Å²) in [6.45, 7) is 0. The van der Waals surface area contributed by atoms with E-state index in [4.69, 9.17) is 0 Å². The number of hydrogen-bond donors (Lipinski definition) is 1. The lowest BCUT2D eigenvalue weighted by molar-refractivity contribution is -0.274. The molecule has 0 unspecified atom stereocenters. The van der Waals surface area contributed by atoms with Crippen molar-refractivity contribution in [1.29, 1.82) is 0 Å². The van der Waals surface area contributed by atoms with Crippen LogP contribution in [0.15, 0.2) is 61.1 Å². The molecule has 0 aliphatic rings. The zero-order valence-electron chi connectivity index (χ0n) is 15.2. The molecule has 0 aliphatic carbocycles. The molecule has 0 spiro atoms. The normalized spacial score (nSPS) is 12.2. The number of halogens is 6. The van der Waals surface area contributed by atoms with Crippen LogP contribution in [0.5, 0.6) is 5.75 Å². The van der Waals surface area contributed by atoms with Crippen molar-refractivity contribution >= 4 is 17.2 Å². The summed E-state index contributed by atoms with van der Waals surface area (Å²) in [5, 5.41) is 7.03. The Morgan fingerprint density at radius 3 is 2.32 bits per heavy atom. The Hall–Kier alpha value is -3.83. The first-order valence-electron chi connectivity index (χ1n) is 8.59. The fourth-order valence-electron chi connectivity index (χ4n) is 2.84. The number of hydrogen-bond acceptors (Lipinski definition) is 5. The minimum absolute atomic E-state index is 0.131. The molecule has 160 valence electrons. The van der Waals surface area contributed by atoms with Crippen molar-refractivity contribution in [3.05, 3.63) is 66.6 Å². The maximum Gasteiger partial charge on any atom is 0.573 e. The molecule has 0 saturated heterocycles. The van der Waals surface area contributed by atoms with Crippen molar-refractivity contribution in [3.63, 3.8) is 0 Å². The van der Waals surface area contributed by atoms with Gasteiger partial charge in [-0.05, 0) is 42.5 Å².